The zero-order valence-corrected chi connectivity index (χ0v) is 23.0. The molecule has 0 spiro atoms. The summed E-state index contributed by atoms with van der Waals surface area (Å²) >= 11 is 1.23. The van der Waals surface area contributed by atoms with E-state index >= 15 is 0 Å². The molecule has 1 aliphatic heterocycles. The number of thiazole rings is 1. The molecule has 0 aliphatic carbocycles. The number of imidazole rings is 1. The lowest BCUT2D eigenvalue weighted by Crippen LogP contribution is -2.42. The van der Waals surface area contributed by atoms with Crippen LogP contribution >= 0.6 is 11.3 Å². The van der Waals surface area contributed by atoms with Gasteiger partial charge in [-0.25, -0.2) is 40.9 Å². The number of aromatic nitrogens is 4. The van der Waals surface area contributed by atoms with Crippen LogP contribution in [0.1, 0.15) is 16.7 Å². The fraction of sp³-hybridized carbons (Fsp3) is 0.261. The van der Waals surface area contributed by atoms with Crippen LogP contribution in [0.25, 0.3) is 0 Å². The van der Waals surface area contributed by atoms with Gasteiger partial charge in [0, 0.05) is 44.0 Å². The Labute approximate surface area is 228 Å². The number of anilines is 2. The molecule has 1 aromatic carbocycles. The highest BCUT2D eigenvalue weighted by molar-refractivity contribution is 7.89. The Morgan fingerprint density at radius 2 is 1.92 bits per heavy atom. The van der Waals surface area contributed by atoms with Gasteiger partial charge in [0.1, 0.15) is 17.7 Å². The highest BCUT2D eigenvalue weighted by atomic mass is 32.2. The van der Waals surface area contributed by atoms with E-state index in [9.17, 15) is 21.2 Å². The first-order valence-electron chi connectivity index (χ1n) is 11.6. The molecule has 1 aliphatic rings. The lowest BCUT2D eigenvalue weighted by molar-refractivity contribution is -0.00492. The lowest BCUT2D eigenvalue weighted by atomic mass is 10.2. The number of sulfonamides is 2. The Hall–Kier alpha value is -3.28. The number of nitrogens with one attached hydrogen (secondary N) is 2. The van der Waals surface area contributed by atoms with Crippen LogP contribution in [-0.4, -0.2) is 60.4 Å². The van der Waals surface area contributed by atoms with Gasteiger partial charge in [-0.05, 0) is 36.4 Å². The zero-order valence-electron chi connectivity index (χ0n) is 20.6. The van der Waals surface area contributed by atoms with Gasteiger partial charge in [-0.2, -0.15) is 4.31 Å². The van der Waals surface area contributed by atoms with E-state index in [1.807, 2.05) is 0 Å². The second kappa shape index (κ2) is 11.1. The first kappa shape index (κ1) is 27.3. The van der Waals surface area contributed by atoms with Crippen molar-refractivity contribution in [3.8, 4) is 0 Å². The maximum absolute atomic E-state index is 13.1. The van der Waals surface area contributed by atoms with Gasteiger partial charge in [0.25, 0.3) is 10.0 Å². The predicted molar refractivity (Wildman–Crippen MR) is 141 cm³/mol. The monoisotopic (exact) mass is 593 g/mol. The van der Waals surface area contributed by atoms with E-state index in [-0.39, 0.29) is 36.2 Å². The van der Waals surface area contributed by atoms with Gasteiger partial charge >= 0.3 is 0 Å². The van der Waals surface area contributed by atoms with E-state index in [1.54, 1.807) is 29.8 Å². The summed E-state index contributed by atoms with van der Waals surface area (Å²) in [5, 5.41) is 3.55. The van der Waals surface area contributed by atoms with Gasteiger partial charge in [0.2, 0.25) is 10.0 Å². The summed E-state index contributed by atoms with van der Waals surface area (Å²) in [6.07, 6.45) is 3.85. The SMILES string of the molecule is Cn1cnc(S(=O)(=O)N2CCOC(c3cccc(Nc4ncc(CNS(=O)(=O)c5ccc(F)cc5)s4)n3)C2)c1. The average Bonchev–Trinajstić information content (AvgIpc) is 3.57. The predicted octanol–water partition coefficient (Wildman–Crippen LogP) is 2.39. The van der Waals surface area contributed by atoms with Crippen LogP contribution in [0.2, 0.25) is 0 Å². The van der Waals surface area contributed by atoms with Crippen molar-refractivity contribution in [2.45, 2.75) is 22.6 Å². The molecule has 1 atom stereocenters. The van der Waals surface area contributed by atoms with Crippen LogP contribution in [0.5, 0.6) is 0 Å². The standard InChI is InChI=1S/C23H24FN7O5S3/c1-30-14-22(26-15-30)39(34,35)31-9-10-36-20(13-31)19-3-2-4-21(28-19)29-23-25-11-17(37-23)12-27-38(32,33)18-7-5-16(24)6-8-18/h2-8,11,14-15,20,27H,9-10,12-13H2,1H3,(H,25,28,29). The molecule has 3 aromatic heterocycles. The maximum Gasteiger partial charge on any atom is 0.262 e. The van der Waals surface area contributed by atoms with Gasteiger partial charge in [-0.3, -0.25) is 0 Å². The Kier molecular flexibility index (Phi) is 7.75. The number of hydrogen-bond donors (Lipinski definition) is 2. The number of rotatable bonds is 9. The molecule has 4 heterocycles. The van der Waals surface area contributed by atoms with E-state index in [2.05, 4.69) is 25.0 Å². The van der Waals surface area contributed by atoms with E-state index in [4.69, 9.17) is 4.74 Å². The van der Waals surface area contributed by atoms with Gasteiger partial charge in [0.15, 0.2) is 10.2 Å². The zero-order chi connectivity index (χ0) is 27.6. The van der Waals surface area contributed by atoms with Crippen molar-refractivity contribution in [2.24, 2.45) is 7.05 Å². The molecule has 12 nitrogen and oxygen atoms in total. The molecule has 0 saturated carbocycles. The average molecular weight is 594 g/mol. The summed E-state index contributed by atoms with van der Waals surface area (Å²) in [4.78, 5) is 13.4. The molecule has 5 rings (SSSR count). The van der Waals surface area contributed by atoms with Gasteiger partial charge in [-0.1, -0.05) is 6.07 Å². The Morgan fingerprint density at radius 1 is 1.13 bits per heavy atom. The van der Waals surface area contributed by atoms with E-state index in [0.29, 0.717) is 21.5 Å². The molecule has 0 amide bonds. The molecule has 1 saturated heterocycles. The minimum Gasteiger partial charge on any atom is -0.369 e. The molecular formula is C23H24FN7O5S3. The van der Waals surface area contributed by atoms with Crippen molar-refractivity contribution in [3.63, 3.8) is 0 Å². The topological polar surface area (TPSA) is 148 Å². The number of hydrogen-bond acceptors (Lipinski definition) is 10. The lowest BCUT2D eigenvalue weighted by Gasteiger charge is -2.31. The molecule has 16 heteroatoms. The molecule has 1 fully saturated rings. The van der Waals surface area contributed by atoms with Crippen LogP contribution < -0.4 is 10.0 Å². The van der Waals surface area contributed by atoms with Gasteiger partial charge < -0.3 is 14.6 Å². The number of halogens is 1. The van der Waals surface area contributed by atoms with Crippen molar-refractivity contribution in [1.82, 2.24) is 28.5 Å². The van der Waals surface area contributed by atoms with Crippen molar-refractivity contribution in [3.05, 3.63) is 77.6 Å². The van der Waals surface area contributed by atoms with Crippen molar-refractivity contribution in [1.29, 1.82) is 0 Å². The van der Waals surface area contributed by atoms with Crippen molar-refractivity contribution < 1.29 is 26.0 Å². The van der Waals surface area contributed by atoms with Crippen LogP contribution in [0.15, 0.2) is 71.1 Å². The molecule has 39 heavy (non-hydrogen) atoms. The molecule has 0 bridgehead atoms. The highest BCUT2D eigenvalue weighted by Crippen LogP contribution is 2.27. The van der Waals surface area contributed by atoms with Crippen molar-refractivity contribution >= 4 is 42.3 Å². The normalized spacial score (nSPS) is 16.8. The number of morpholine rings is 1. The summed E-state index contributed by atoms with van der Waals surface area (Å²) in [5.41, 5.74) is 0.546. The van der Waals surface area contributed by atoms with E-state index in [1.165, 1.54) is 46.5 Å². The van der Waals surface area contributed by atoms with Crippen LogP contribution in [0, 0.1) is 5.82 Å². The Balaban J connectivity index is 1.23. The maximum atomic E-state index is 13.1. The molecule has 4 aromatic rings. The second-order valence-electron chi connectivity index (χ2n) is 8.58. The molecule has 0 radical (unpaired) electrons. The minimum atomic E-state index is -3.81. The second-order valence-corrected chi connectivity index (χ2v) is 13.3. The summed E-state index contributed by atoms with van der Waals surface area (Å²) in [6, 6.07) is 9.81. The summed E-state index contributed by atoms with van der Waals surface area (Å²) in [5.74, 6) is -0.0553. The smallest absolute Gasteiger partial charge is 0.262 e. The third kappa shape index (κ3) is 6.32. The third-order valence-electron chi connectivity index (χ3n) is 5.76. The van der Waals surface area contributed by atoms with Crippen LogP contribution in [0.3, 0.4) is 0 Å². The van der Waals surface area contributed by atoms with Crippen LogP contribution in [0.4, 0.5) is 15.3 Å². The molecular weight excluding hydrogens is 569 g/mol. The summed E-state index contributed by atoms with van der Waals surface area (Å²) < 4.78 is 75.2. The van der Waals surface area contributed by atoms with E-state index < -0.39 is 32.0 Å². The quantitative estimate of drug-likeness (QED) is 0.298. The number of aryl methyl sites for hydroxylation is 1. The molecule has 1 unspecified atom stereocenters. The number of pyridine rings is 1. The van der Waals surface area contributed by atoms with Gasteiger partial charge in [-0.15, -0.1) is 11.3 Å². The summed E-state index contributed by atoms with van der Waals surface area (Å²) in [6.45, 7) is 0.508. The van der Waals surface area contributed by atoms with Crippen molar-refractivity contribution in [2.75, 3.05) is 25.0 Å². The largest absolute Gasteiger partial charge is 0.369 e. The Bertz CT molecular complexity index is 1670. The molecule has 206 valence electrons. The third-order valence-corrected chi connectivity index (χ3v) is 9.84. The van der Waals surface area contributed by atoms with Crippen LogP contribution in [-0.2, 0) is 38.4 Å². The molecule has 2 N–H and O–H groups in total. The van der Waals surface area contributed by atoms with Gasteiger partial charge in [0.05, 0.1) is 23.5 Å². The number of benzene rings is 1. The highest BCUT2D eigenvalue weighted by Gasteiger charge is 2.33. The Morgan fingerprint density at radius 3 is 2.67 bits per heavy atom. The number of ether oxygens (including phenoxy) is 1. The minimum absolute atomic E-state index is 0.00299. The number of nitrogens with zero attached hydrogens (tertiary/aromatic N) is 5. The van der Waals surface area contributed by atoms with E-state index in [0.717, 1.165) is 12.1 Å². The summed E-state index contributed by atoms with van der Waals surface area (Å²) in [7, 11) is -5.88. The first-order chi connectivity index (χ1) is 18.6. The first-order valence-corrected chi connectivity index (χ1v) is 15.4. The fourth-order valence-corrected chi connectivity index (χ4v) is 7.05. The fourth-order valence-electron chi connectivity index (χ4n) is 3.80.